The lowest BCUT2D eigenvalue weighted by atomic mass is 9.98. The molecule has 1 amide bonds. The van der Waals surface area contributed by atoms with Crippen molar-refractivity contribution in [2.24, 2.45) is 0 Å². The van der Waals surface area contributed by atoms with Crippen molar-refractivity contribution >= 4 is 39.9 Å². The van der Waals surface area contributed by atoms with Crippen LogP contribution < -0.4 is 0 Å². The maximum Gasteiger partial charge on any atom is 0.255 e. The van der Waals surface area contributed by atoms with Crippen LogP contribution in [0.2, 0.25) is 0 Å². The molecule has 0 spiro atoms. The minimum Gasteiger partial charge on any atom is -0.508 e. The van der Waals surface area contributed by atoms with Crippen LogP contribution in [-0.4, -0.2) is 57.4 Å². The number of piperazine rings is 1. The fraction of sp³-hybridized carbons (Fsp3) is 0.333. The highest BCUT2D eigenvalue weighted by Gasteiger charge is 2.31. The number of nitrogens with zero attached hydrogens (tertiary/aromatic N) is 3. The van der Waals surface area contributed by atoms with E-state index in [1.807, 2.05) is 7.05 Å². The predicted octanol–water partition coefficient (Wildman–Crippen LogP) is 4.53. The molecule has 1 aromatic heterocycles. The number of hydrogen-bond donors (Lipinski definition) is 1. The lowest BCUT2D eigenvalue weighted by Gasteiger charge is -2.42. The molecule has 0 bridgehead atoms. The molecule has 3 aromatic rings. The van der Waals surface area contributed by atoms with Gasteiger partial charge in [-0.15, -0.1) is 12.4 Å². The van der Waals surface area contributed by atoms with Gasteiger partial charge in [-0.25, -0.2) is 8.78 Å². The van der Waals surface area contributed by atoms with Gasteiger partial charge in [0.25, 0.3) is 5.91 Å². The summed E-state index contributed by atoms with van der Waals surface area (Å²) in [4.78, 5) is 17.4. The largest absolute Gasteiger partial charge is 0.508 e. The maximum absolute atomic E-state index is 14.4. The van der Waals surface area contributed by atoms with Gasteiger partial charge in [-0.2, -0.15) is 4.37 Å². The fourth-order valence-electron chi connectivity index (χ4n) is 3.86. The molecule has 30 heavy (non-hydrogen) atoms. The molecule has 2 atom stereocenters. The Morgan fingerprint density at radius 1 is 1.13 bits per heavy atom. The van der Waals surface area contributed by atoms with E-state index < -0.39 is 17.4 Å². The van der Waals surface area contributed by atoms with Crippen LogP contribution in [0.15, 0.2) is 30.5 Å². The van der Waals surface area contributed by atoms with Crippen molar-refractivity contribution < 1.29 is 18.7 Å². The van der Waals surface area contributed by atoms with E-state index in [9.17, 15) is 18.7 Å². The lowest BCUT2D eigenvalue weighted by Crippen LogP contribution is -2.56. The summed E-state index contributed by atoms with van der Waals surface area (Å²) in [7, 11) is 2.04. The zero-order chi connectivity index (χ0) is 20.9. The Morgan fingerprint density at radius 2 is 1.73 bits per heavy atom. The second-order valence-corrected chi connectivity index (χ2v) is 8.43. The Labute approximate surface area is 183 Å². The Bertz CT molecular complexity index is 1070. The number of carbonyl (C=O) groups excluding carboxylic acids is 1. The second kappa shape index (κ2) is 8.45. The zero-order valence-electron chi connectivity index (χ0n) is 16.7. The molecule has 1 aliphatic rings. The van der Waals surface area contributed by atoms with Crippen molar-refractivity contribution in [3.05, 3.63) is 47.7 Å². The number of halogens is 3. The van der Waals surface area contributed by atoms with Crippen molar-refractivity contribution in [1.82, 2.24) is 14.2 Å². The van der Waals surface area contributed by atoms with E-state index in [0.717, 1.165) is 12.1 Å². The number of phenolic OH excluding ortho intramolecular Hbond substituents is 1. The van der Waals surface area contributed by atoms with Gasteiger partial charge in [0.05, 0.1) is 15.8 Å². The number of benzene rings is 2. The third kappa shape index (κ3) is 3.87. The Hall–Kier alpha value is -2.29. The summed E-state index contributed by atoms with van der Waals surface area (Å²) in [5.74, 6) is -2.43. The summed E-state index contributed by atoms with van der Waals surface area (Å²) in [6, 6.07) is 5.27. The SMILES string of the molecule is C[C@@H]1CN(C(=O)c2cc(-c3c(F)cc(O)cc3F)cc3cnsc23)C[C@H](C)N1C.Cl. The molecule has 9 heteroatoms. The average Bonchev–Trinajstić information content (AvgIpc) is 3.12. The van der Waals surface area contributed by atoms with Gasteiger partial charge in [-0.1, -0.05) is 0 Å². The van der Waals surface area contributed by atoms with Gasteiger partial charge in [0.2, 0.25) is 0 Å². The smallest absolute Gasteiger partial charge is 0.255 e. The van der Waals surface area contributed by atoms with E-state index in [2.05, 4.69) is 23.1 Å². The quantitative estimate of drug-likeness (QED) is 0.619. The summed E-state index contributed by atoms with van der Waals surface area (Å²) in [5.41, 5.74) is 0.354. The van der Waals surface area contributed by atoms with Crippen LogP contribution in [0.3, 0.4) is 0 Å². The van der Waals surface area contributed by atoms with E-state index in [1.54, 1.807) is 17.2 Å². The lowest BCUT2D eigenvalue weighted by molar-refractivity contribution is 0.0416. The van der Waals surface area contributed by atoms with Gasteiger partial charge in [0, 0.05) is 48.9 Å². The summed E-state index contributed by atoms with van der Waals surface area (Å²) >= 11 is 1.19. The minimum absolute atomic E-state index is 0. The highest BCUT2D eigenvalue weighted by atomic mass is 35.5. The number of likely N-dealkylation sites (N-methyl/N-ethyl adjacent to an activating group) is 1. The van der Waals surface area contributed by atoms with Crippen LogP contribution in [0.25, 0.3) is 21.2 Å². The molecule has 1 aliphatic heterocycles. The minimum atomic E-state index is -0.884. The molecule has 2 heterocycles. The summed E-state index contributed by atoms with van der Waals surface area (Å²) in [6.07, 6.45) is 1.59. The van der Waals surface area contributed by atoms with Gasteiger partial charge in [0.15, 0.2) is 0 Å². The normalized spacial score (nSPS) is 19.7. The van der Waals surface area contributed by atoms with Crippen LogP contribution in [0.1, 0.15) is 24.2 Å². The van der Waals surface area contributed by atoms with Crippen molar-refractivity contribution in [1.29, 1.82) is 0 Å². The maximum atomic E-state index is 14.4. The molecular weight excluding hydrogens is 432 g/mol. The van der Waals surface area contributed by atoms with Crippen molar-refractivity contribution in [2.75, 3.05) is 20.1 Å². The van der Waals surface area contributed by atoms with Crippen LogP contribution in [0, 0.1) is 11.6 Å². The standard InChI is InChI=1S/C21H21F2N3O2S.ClH/c1-11-9-26(10-12(2)25(11)3)21(28)16-5-13(4-14-8-24-29-20(14)16)19-17(22)6-15(27)7-18(19)23;/h4-8,11-12,27H,9-10H2,1-3H3;1H/t11-,12+;. The second-order valence-electron chi connectivity index (χ2n) is 7.63. The first-order valence-corrected chi connectivity index (χ1v) is 10.1. The van der Waals surface area contributed by atoms with Gasteiger partial charge in [-0.3, -0.25) is 9.69 Å². The number of fused-ring (bicyclic) bond motifs is 1. The first-order valence-electron chi connectivity index (χ1n) is 9.34. The van der Waals surface area contributed by atoms with E-state index in [0.29, 0.717) is 28.7 Å². The molecule has 1 fully saturated rings. The van der Waals surface area contributed by atoms with E-state index in [1.165, 1.54) is 17.6 Å². The number of aromatic hydroxyl groups is 1. The van der Waals surface area contributed by atoms with Crippen molar-refractivity contribution in [2.45, 2.75) is 25.9 Å². The Kier molecular flexibility index (Phi) is 6.31. The molecule has 4 rings (SSSR count). The first kappa shape index (κ1) is 22.4. The number of phenols is 1. The van der Waals surface area contributed by atoms with Crippen LogP contribution in [0.4, 0.5) is 8.78 Å². The third-order valence-corrected chi connectivity index (χ3v) is 6.50. The monoisotopic (exact) mass is 453 g/mol. The Balaban J connectivity index is 0.00000256. The molecular formula is C21H22ClF2N3O2S. The molecule has 1 saturated heterocycles. The molecule has 0 saturated carbocycles. The average molecular weight is 454 g/mol. The number of rotatable bonds is 2. The van der Waals surface area contributed by atoms with E-state index in [4.69, 9.17) is 0 Å². The van der Waals surface area contributed by atoms with Crippen LogP contribution in [0.5, 0.6) is 5.75 Å². The third-order valence-electron chi connectivity index (χ3n) is 5.65. The molecule has 2 aromatic carbocycles. The van der Waals surface area contributed by atoms with Crippen molar-refractivity contribution in [3.8, 4) is 16.9 Å². The molecule has 1 N–H and O–H groups in total. The van der Waals surface area contributed by atoms with Crippen LogP contribution in [-0.2, 0) is 0 Å². The molecule has 0 radical (unpaired) electrons. The summed E-state index contributed by atoms with van der Waals surface area (Å²) < 4.78 is 33.7. The number of aromatic nitrogens is 1. The number of carbonyl (C=O) groups is 1. The summed E-state index contributed by atoms with van der Waals surface area (Å²) in [6.45, 7) is 5.28. The van der Waals surface area contributed by atoms with Gasteiger partial charge < -0.3 is 10.0 Å². The predicted molar refractivity (Wildman–Crippen MR) is 116 cm³/mol. The molecule has 5 nitrogen and oxygen atoms in total. The van der Waals surface area contributed by atoms with Crippen LogP contribution >= 0.6 is 23.9 Å². The van der Waals surface area contributed by atoms with Gasteiger partial charge in [-0.05, 0) is 50.1 Å². The molecule has 0 aliphatic carbocycles. The van der Waals surface area contributed by atoms with Gasteiger partial charge >= 0.3 is 0 Å². The first-order chi connectivity index (χ1) is 13.8. The highest BCUT2D eigenvalue weighted by Crippen LogP contribution is 2.35. The molecule has 0 unspecified atom stereocenters. The van der Waals surface area contributed by atoms with E-state index in [-0.39, 0.29) is 41.5 Å². The number of hydrogen-bond acceptors (Lipinski definition) is 5. The highest BCUT2D eigenvalue weighted by molar-refractivity contribution is 7.13. The number of amides is 1. The Morgan fingerprint density at radius 3 is 2.33 bits per heavy atom. The van der Waals surface area contributed by atoms with E-state index >= 15 is 0 Å². The topological polar surface area (TPSA) is 56.7 Å². The fourth-order valence-corrected chi connectivity index (χ4v) is 4.60. The summed E-state index contributed by atoms with van der Waals surface area (Å²) in [5, 5.41) is 10.1. The molecule has 160 valence electrons. The van der Waals surface area contributed by atoms with Gasteiger partial charge in [0.1, 0.15) is 17.4 Å². The van der Waals surface area contributed by atoms with Crippen molar-refractivity contribution in [3.63, 3.8) is 0 Å². The zero-order valence-corrected chi connectivity index (χ0v) is 18.4.